The van der Waals surface area contributed by atoms with Gasteiger partial charge in [0, 0.05) is 22.9 Å². The van der Waals surface area contributed by atoms with E-state index in [0.717, 1.165) is 12.1 Å². The molecular formula is C21H19F3N2O4S. The minimum Gasteiger partial charge on any atom is -0.493 e. The maximum atomic E-state index is 13.0. The zero-order valence-electron chi connectivity index (χ0n) is 16.3. The summed E-state index contributed by atoms with van der Waals surface area (Å²) in [5.74, 6) is -0.442. The van der Waals surface area contributed by atoms with Crippen LogP contribution < -0.4 is 14.8 Å². The van der Waals surface area contributed by atoms with Gasteiger partial charge in [-0.05, 0) is 49.1 Å². The van der Waals surface area contributed by atoms with Gasteiger partial charge in [-0.1, -0.05) is 12.1 Å². The molecule has 2 aromatic rings. The zero-order valence-corrected chi connectivity index (χ0v) is 17.1. The molecule has 0 bridgehead atoms. The van der Waals surface area contributed by atoms with Crippen LogP contribution in [0, 0.1) is 0 Å². The highest BCUT2D eigenvalue weighted by Gasteiger charge is 2.32. The number of halogens is 3. The molecule has 0 radical (unpaired) electrons. The van der Waals surface area contributed by atoms with Crippen LogP contribution in [-0.2, 0) is 27.4 Å². The van der Waals surface area contributed by atoms with Gasteiger partial charge in [-0.3, -0.25) is 9.52 Å². The number of carbonyl (C=O) groups is 1. The number of nitrogens with one attached hydrogen (secondary N) is 2. The van der Waals surface area contributed by atoms with E-state index in [2.05, 4.69) is 10.0 Å². The third-order valence-corrected chi connectivity index (χ3v) is 6.40. The van der Waals surface area contributed by atoms with E-state index in [9.17, 15) is 26.4 Å². The molecule has 2 N–H and O–H groups in total. The predicted molar refractivity (Wildman–Crippen MR) is 110 cm³/mol. The number of sulfonamides is 1. The summed E-state index contributed by atoms with van der Waals surface area (Å²) in [5, 5.41) is 2.76. The van der Waals surface area contributed by atoms with Crippen LogP contribution in [0.1, 0.15) is 29.5 Å². The normalized spacial score (nSPS) is 18.7. The Morgan fingerprint density at radius 1 is 1.16 bits per heavy atom. The first-order valence-corrected chi connectivity index (χ1v) is 11.3. The first-order valence-electron chi connectivity index (χ1n) is 9.61. The average molecular weight is 452 g/mol. The number of benzene rings is 2. The predicted octanol–water partition coefficient (Wildman–Crippen LogP) is 4.20. The molecule has 0 atom stereocenters. The zero-order chi connectivity index (χ0) is 22.2. The second-order valence-electron chi connectivity index (χ2n) is 7.32. The molecule has 31 heavy (non-hydrogen) atoms. The van der Waals surface area contributed by atoms with Crippen LogP contribution in [0.2, 0.25) is 0 Å². The number of hydrogen-bond acceptors (Lipinski definition) is 4. The van der Waals surface area contributed by atoms with Crippen molar-refractivity contribution in [3.05, 3.63) is 59.2 Å². The number of fused-ring (bicyclic) bond motifs is 2. The Kier molecular flexibility index (Phi) is 5.42. The van der Waals surface area contributed by atoms with Gasteiger partial charge in [0.15, 0.2) is 0 Å². The fraction of sp³-hybridized carbons (Fsp3) is 0.286. The van der Waals surface area contributed by atoms with E-state index in [1.807, 2.05) is 0 Å². The Bertz CT molecular complexity index is 1170. The van der Waals surface area contributed by atoms with Crippen LogP contribution >= 0.6 is 0 Å². The lowest BCUT2D eigenvalue weighted by atomic mass is 9.99. The van der Waals surface area contributed by atoms with Gasteiger partial charge in [-0.25, -0.2) is 8.42 Å². The highest BCUT2D eigenvalue weighted by atomic mass is 32.2. The van der Waals surface area contributed by atoms with E-state index < -0.39 is 27.7 Å². The van der Waals surface area contributed by atoms with E-state index >= 15 is 0 Å². The van der Waals surface area contributed by atoms with Crippen LogP contribution in [0.3, 0.4) is 0 Å². The van der Waals surface area contributed by atoms with E-state index in [1.165, 1.54) is 12.1 Å². The molecule has 164 valence electrons. The Morgan fingerprint density at radius 2 is 1.97 bits per heavy atom. The van der Waals surface area contributed by atoms with Gasteiger partial charge in [0.25, 0.3) is 0 Å². The number of hydrogen-bond donors (Lipinski definition) is 2. The second kappa shape index (κ2) is 7.92. The summed E-state index contributed by atoms with van der Waals surface area (Å²) in [6.45, 7) is 0.250. The maximum Gasteiger partial charge on any atom is 0.416 e. The van der Waals surface area contributed by atoms with Crippen LogP contribution in [0.4, 0.5) is 24.5 Å². The SMILES string of the molecule is O=C(/C=C1\CCCOc2cc(C(F)(F)F)ccc21)Nc1cccc2c1CCS(=O)(=O)N2. The van der Waals surface area contributed by atoms with E-state index in [1.54, 1.807) is 18.2 Å². The fourth-order valence-electron chi connectivity index (χ4n) is 3.66. The molecule has 0 saturated heterocycles. The van der Waals surface area contributed by atoms with Crippen LogP contribution in [0.25, 0.3) is 5.57 Å². The largest absolute Gasteiger partial charge is 0.493 e. The second-order valence-corrected chi connectivity index (χ2v) is 9.16. The average Bonchev–Trinajstić information content (AvgIpc) is 2.88. The first-order chi connectivity index (χ1) is 14.6. The van der Waals surface area contributed by atoms with Crippen molar-refractivity contribution >= 4 is 32.9 Å². The van der Waals surface area contributed by atoms with Gasteiger partial charge in [-0.15, -0.1) is 0 Å². The summed E-state index contributed by atoms with van der Waals surface area (Å²) >= 11 is 0. The van der Waals surface area contributed by atoms with E-state index in [0.29, 0.717) is 40.9 Å². The van der Waals surface area contributed by atoms with Crippen molar-refractivity contribution in [2.45, 2.75) is 25.4 Å². The summed E-state index contributed by atoms with van der Waals surface area (Å²) in [5.41, 5.74) is 1.80. The number of ether oxygens (including phenoxy) is 1. The van der Waals surface area contributed by atoms with Crippen molar-refractivity contribution in [1.29, 1.82) is 0 Å². The van der Waals surface area contributed by atoms with Crippen molar-refractivity contribution in [1.82, 2.24) is 0 Å². The third kappa shape index (κ3) is 4.68. The van der Waals surface area contributed by atoms with Crippen LogP contribution in [0.15, 0.2) is 42.5 Å². The van der Waals surface area contributed by atoms with Gasteiger partial charge >= 0.3 is 6.18 Å². The molecular weight excluding hydrogens is 433 g/mol. The Balaban J connectivity index is 1.61. The van der Waals surface area contributed by atoms with Crippen molar-refractivity contribution in [3.8, 4) is 5.75 Å². The molecule has 10 heteroatoms. The molecule has 2 aliphatic rings. The van der Waals surface area contributed by atoms with Gasteiger partial charge in [0.2, 0.25) is 15.9 Å². The Morgan fingerprint density at radius 3 is 2.74 bits per heavy atom. The van der Waals surface area contributed by atoms with E-state index in [4.69, 9.17) is 4.74 Å². The van der Waals surface area contributed by atoms with Crippen molar-refractivity contribution in [3.63, 3.8) is 0 Å². The minimum atomic E-state index is -4.49. The van der Waals surface area contributed by atoms with Gasteiger partial charge in [-0.2, -0.15) is 13.2 Å². The number of anilines is 2. The number of allylic oxidation sites excluding steroid dienone is 1. The summed E-state index contributed by atoms with van der Waals surface area (Å²) < 4.78 is 70.5. The molecule has 0 saturated carbocycles. The molecule has 2 heterocycles. The van der Waals surface area contributed by atoms with Crippen LogP contribution in [-0.4, -0.2) is 26.7 Å². The lowest BCUT2D eigenvalue weighted by Crippen LogP contribution is -2.25. The Hall–Kier alpha value is -3.01. The summed E-state index contributed by atoms with van der Waals surface area (Å²) in [6.07, 6.45) is -1.85. The number of rotatable bonds is 2. The number of carbonyl (C=O) groups excluding carboxylic acids is 1. The highest BCUT2D eigenvalue weighted by Crippen LogP contribution is 2.38. The van der Waals surface area contributed by atoms with Crippen LogP contribution in [0.5, 0.6) is 5.75 Å². The summed E-state index contributed by atoms with van der Waals surface area (Å²) in [7, 11) is -3.38. The summed E-state index contributed by atoms with van der Waals surface area (Å²) in [4.78, 5) is 12.7. The minimum absolute atomic E-state index is 0.0831. The topological polar surface area (TPSA) is 84.5 Å². The molecule has 0 aliphatic carbocycles. The highest BCUT2D eigenvalue weighted by molar-refractivity contribution is 7.92. The fourth-order valence-corrected chi connectivity index (χ4v) is 4.76. The molecule has 0 aromatic heterocycles. The molecule has 2 aromatic carbocycles. The molecule has 2 aliphatic heterocycles. The van der Waals surface area contributed by atoms with Crippen molar-refractivity contribution in [2.75, 3.05) is 22.4 Å². The number of amides is 1. The maximum absolute atomic E-state index is 13.0. The monoisotopic (exact) mass is 452 g/mol. The molecule has 0 spiro atoms. The smallest absolute Gasteiger partial charge is 0.416 e. The molecule has 1 amide bonds. The molecule has 0 fully saturated rings. The lowest BCUT2D eigenvalue weighted by molar-refractivity contribution is -0.137. The first kappa shape index (κ1) is 21.2. The molecule has 6 nitrogen and oxygen atoms in total. The van der Waals surface area contributed by atoms with Gasteiger partial charge in [0.05, 0.1) is 23.6 Å². The number of alkyl halides is 3. The molecule has 0 unspecified atom stereocenters. The standard InChI is InChI=1S/C21H19F3N2O4S/c22-21(23,24)14-6-7-15-13(3-2-9-30-19(15)12-14)11-20(27)25-17-4-1-5-18-16(17)8-10-31(28,29)26-18/h1,4-7,11-12,26H,2-3,8-10H2,(H,25,27)/b13-11+. The molecule has 4 rings (SSSR count). The summed E-state index contributed by atoms with van der Waals surface area (Å²) in [6, 6.07) is 8.17. The van der Waals surface area contributed by atoms with E-state index in [-0.39, 0.29) is 24.5 Å². The van der Waals surface area contributed by atoms with Gasteiger partial charge < -0.3 is 10.1 Å². The third-order valence-electron chi connectivity index (χ3n) is 5.13. The Labute approximate surface area is 177 Å². The lowest BCUT2D eigenvalue weighted by Gasteiger charge is -2.21. The van der Waals surface area contributed by atoms with Crippen molar-refractivity contribution < 1.29 is 31.1 Å². The quantitative estimate of drug-likeness (QED) is 0.669. The van der Waals surface area contributed by atoms with Crippen molar-refractivity contribution in [2.24, 2.45) is 0 Å². The van der Waals surface area contributed by atoms with Gasteiger partial charge in [0.1, 0.15) is 5.75 Å².